The molecule has 0 amide bonds. The van der Waals surface area contributed by atoms with Gasteiger partial charge in [-0.1, -0.05) is 12.1 Å². The molecule has 0 saturated carbocycles. The number of aliphatic hydroxyl groups excluding tert-OH is 1. The Bertz CT molecular complexity index is 863. The topological polar surface area (TPSA) is 72.8 Å². The lowest BCUT2D eigenvalue weighted by atomic mass is 10.0. The molecule has 0 aliphatic carbocycles. The highest BCUT2D eigenvalue weighted by atomic mass is 32.1. The largest absolute Gasteiger partial charge is 0.396 e. The summed E-state index contributed by atoms with van der Waals surface area (Å²) < 4.78 is 0. The van der Waals surface area contributed by atoms with Crippen LogP contribution in [0, 0.1) is 13.8 Å². The van der Waals surface area contributed by atoms with Gasteiger partial charge in [-0.3, -0.25) is 4.79 Å². The fourth-order valence-corrected chi connectivity index (χ4v) is 3.46. The van der Waals surface area contributed by atoms with Crippen LogP contribution in [0.25, 0.3) is 10.9 Å². The van der Waals surface area contributed by atoms with Crippen LogP contribution < -0.4 is 15.8 Å². The molecule has 1 aromatic carbocycles. The van der Waals surface area contributed by atoms with Crippen molar-refractivity contribution in [3.05, 3.63) is 45.2 Å². The number of quaternary nitrogens is 1. The number of nitrogens with zero attached hydrogens (tertiary/aromatic N) is 1. The standard InChI is InChI=1S/C21H32N4O2S/c1-15-7-8-16(2)19-18(15)13-17(20(27)23-19)14-25(11-6-12-26)21(28)22-9-5-10-24(3)4/h7-8,13,26H,5-6,9-12,14H2,1-4H3,(H,22,28)(H,23,27)/p+1. The molecule has 2 rings (SSSR count). The number of aliphatic hydroxyl groups is 1. The van der Waals surface area contributed by atoms with E-state index in [1.54, 1.807) is 0 Å². The van der Waals surface area contributed by atoms with Crippen molar-refractivity contribution in [2.45, 2.75) is 33.2 Å². The number of H-pyrrole nitrogens is 1. The van der Waals surface area contributed by atoms with Crippen molar-refractivity contribution in [3.8, 4) is 0 Å². The van der Waals surface area contributed by atoms with Gasteiger partial charge >= 0.3 is 0 Å². The van der Waals surface area contributed by atoms with Crippen LogP contribution in [0.4, 0.5) is 0 Å². The smallest absolute Gasteiger partial charge is 0.253 e. The van der Waals surface area contributed by atoms with E-state index in [4.69, 9.17) is 12.2 Å². The normalized spacial score (nSPS) is 11.2. The van der Waals surface area contributed by atoms with Crippen molar-refractivity contribution in [1.82, 2.24) is 15.2 Å². The van der Waals surface area contributed by atoms with Gasteiger partial charge in [-0.05, 0) is 49.7 Å². The molecule has 0 radical (unpaired) electrons. The van der Waals surface area contributed by atoms with Gasteiger partial charge in [0.05, 0.1) is 32.7 Å². The summed E-state index contributed by atoms with van der Waals surface area (Å²) in [4.78, 5) is 19.1. The zero-order chi connectivity index (χ0) is 20.7. The Morgan fingerprint density at radius 3 is 2.64 bits per heavy atom. The summed E-state index contributed by atoms with van der Waals surface area (Å²) in [6, 6.07) is 6.07. The van der Waals surface area contributed by atoms with Crippen LogP contribution >= 0.6 is 12.2 Å². The molecule has 2 aromatic rings. The van der Waals surface area contributed by atoms with E-state index in [-0.39, 0.29) is 12.2 Å². The van der Waals surface area contributed by atoms with Gasteiger partial charge in [-0.2, -0.15) is 0 Å². The Morgan fingerprint density at radius 2 is 1.96 bits per heavy atom. The maximum absolute atomic E-state index is 12.7. The van der Waals surface area contributed by atoms with Gasteiger partial charge in [-0.25, -0.2) is 0 Å². The fourth-order valence-electron chi connectivity index (χ4n) is 3.20. The predicted octanol–water partition coefficient (Wildman–Crippen LogP) is 0.738. The lowest BCUT2D eigenvalue weighted by molar-refractivity contribution is -0.858. The zero-order valence-electron chi connectivity index (χ0n) is 17.4. The third-order valence-electron chi connectivity index (χ3n) is 4.88. The average Bonchev–Trinajstić information content (AvgIpc) is 2.65. The highest BCUT2D eigenvalue weighted by Crippen LogP contribution is 2.20. The Hall–Kier alpha value is -1.96. The summed E-state index contributed by atoms with van der Waals surface area (Å²) in [5.74, 6) is 0. The first-order chi connectivity index (χ1) is 13.3. The number of rotatable bonds is 9. The van der Waals surface area contributed by atoms with Crippen LogP contribution in [0.3, 0.4) is 0 Å². The second-order valence-corrected chi connectivity index (χ2v) is 8.04. The van der Waals surface area contributed by atoms with Crippen LogP contribution in [-0.4, -0.2) is 60.4 Å². The summed E-state index contributed by atoms with van der Waals surface area (Å²) in [7, 11) is 4.25. The average molecular weight is 406 g/mol. The second kappa shape index (κ2) is 10.5. The van der Waals surface area contributed by atoms with Crippen LogP contribution in [0.1, 0.15) is 29.5 Å². The lowest BCUT2D eigenvalue weighted by Gasteiger charge is -2.26. The lowest BCUT2D eigenvalue weighted by Crippen LogP contribution is -3.05. The van der Waals surface area contributed by atoms with E-state index in [0.717, 1.165) is 41.5 Å². The number of aromatic amines is 1. The van der Waals surface area contributed by atoms with Gasteiger partial charge in [0.1, 0.15) is 0 Å². The molecule has 1 heterocycles. The molecular weight excluding hydrogens is 372 g/mol. The molecule has 4 N–H and O–H groups in total. The van der Waals surface area contributed by atoms with E-state index in [9.17, 15) is 9.90 Å². The molecule has 0 fully saturated rings. The molecule has 28 heavy (non-hydrogen) atoms. The molecule has 0 aliphatic heterocycles. The number of pyridine rings is 1. The molecule has 6 nitrogen and oxygen atoms in total. The summed E-state index contributed by atoms with van der Waals surface area (Å²) in [5, 5.41) is 14.2. The van der Waals surface area contributed by atoms with Gasteiger partial charge in [0, 0.05) is 37.1 Å². The van der Waals surface area contributed by atoms with E-state index in [0.29, 0.717) is 30.2 Å². The first-order valence-corrected chi connectivity index (χ1v) is 10.3. The van der Waals surface area contributed by atoms with E-state index in [1.165, 1.54) is 4.90 Å². The van der Waals surface area contributed by atoms with Crippen LogP contribution in [0.15, 0.2) is 23.0 Å². The Labute approximate surface area is 172 Å². The Kier molecular flexibility index (Phi) is 8.41. The fraction of sp³-hybridized carbons (Fsp3) is 0.524. The maximum Gasteiger partial charge on any atom is 0.253 e. The molecule has 0 unspecified atom stereocenters. The van der Waals surface area contributed by atoms with Crippen molar-refractivity contribution in [2.24, 2.45) is 0 Å². The predicted molar refractivity (Wildman–Crippen MR) is 119 cm³/mol. The van der Waals surface area contributed by atoms with Crippen LogP contribution in [0.2, 0.25) is 0 Å². The first-order valence-electron chi connectivity index (χ1n) is 9.88. The number of hydrogen-bond donors (Lipinski definition) is 4. The summed E-state index contributed by atoms with van der Waals surface area (Å²) >= 11 is 5.57. The highest BCUT2D eigenvalue weighted by Gasteiger charge is 2.14. The van der Waals surface area contributed by atoms with Crippen molar-refractivity contribution in [1.29, 1.82) is 0 Å². The molecule has 0 spiro atoms. The van der Waals surface area contributed by atoms with Gasteiger partial charge in [0.15, 0.2) is 5.11 Å². The van der Waals surface area contributed by atoms with Crippen molar-refractivity contribution >= 4 is 28.2 Å². The van der Waals surface area contributed by atoms with Gasteiger partial charge < -0.3 is 25.2 Å². The second-order valence-electron chi connectivity index (χ2n) is 7.65. The minimum atomic E-state index is -0.0887. The molecular formula is C21H33N4O2S+. The maximum atomic E-state index is 12.7. The molecule has 0 atom stereocenters. The van der Waals surface area contributed by atoms with E-state index in [2.05, 4.69) is 30.5 Å². The third-order valence-corrected chi connectivity index (χ3v) is 5.29. The van der Waals surface area contributed by atoms with Gasteiger partial charge in [-0.15, -0.1) is 0 Å². The SMILES string of the molecule is Cc1ccc(C)c2[nH]c(=O)c(CN(CCCO)C(=S)NCCC[NH+](C)C)cc12. The van der Waals surface area contributed by atoms with Gasteiger partial charge in [0.2, 0.25) is 0 Å². The summed E-state index contributed by atoms with van der Waals surface area (Å²) in [6.45, 7) is 7.03. The van der Waals surface area contributed by atoms with Crippen LogP contribution in [-0.2, 0) is 6.54 Å². The number of hydrogen-bond acceptors (Lipinski definition) is 3. The van der Waals surface area contributed by atoms with Crippen molar-refractivity contribution in [2.75, 3.05) is 40.3 Å². The third kappa shape index (κ3) is 6.02. The number of aromatic nitrogens is 1. The molecule has 0 saturated heterocycles. The Balaban J connectivity index is 2.19. The van der Waals surface area contributed by atoms with Crippen molar-refractivity contribution < 1.29 is 10.0 Å². The molecule has 1 aromatic heterocycles. The number of benzene rings is 1. The summed E-state index contributed by atoms with van der Waals surface area (Å²) in [6.07, 6.45) is 1.62. The van der Waals surface area contributed by atoms with Gasteiger partial charge in [0.25, 0.3) is 5.56 Å². The van der Waals surface area contributed by atoms with Crippen molar-refractivity contribution in [3.63, 3.8) is 0 Å². The van der Waals surface area contributed by atoms with Crippen LogP contribution in [0.5, 0.6) is 0 Å². The molecule has 0 bridgehead atoms. The first kappa shape index (κ1) is 22.3. The number of aryl methyl sites for hydroxylation is 2. The minimum Gasteiger partial charge on any atom is -0.396 e. The zero-order valence-corrected chi connectivity index (χ0v) is 18.2. The van der Waals surface area contributed by atoms with E-state index in [1.807, 2.05) is 30.9 Å². The minimum absolute atomic E-state index is 0.0887. The number of fused-ring (bicyclic) bond motifs is 1. The monoisotopic (exact) mass is 405 g/mol. The summed E-state index contributed by atoms with van der Waals surface area (Å²) in [5.41, 5.74) is 3.67. The number of thiocarbonyl (C=S) groups is 1. The molecule has 7 heteroatoms. The quantitative estimate of drug-likeness (QED) is 0.366. The number of nitrogens with one attached hydrogen (secondary N) is 3. The molecule has 154 valence electrons. The van der Waals surface area contributed by atoms with E-state index < -0.39 is 0 Å². The molecule has 0 aliphatic rings. The Morgan fingerprint density at radius 1 is 1.25 bits per heavy atom. The van der Waals surface area contributed by atoms with E-state index >= 15 is 0 Å². The highest BCUT2D eigenvalue weighted by molar-refractivity contribution is 7.80.